The summed E-state index contributed by atoms with van der Waals surface area (Å²) in [6.07, 6.45) is 10.1. The summed E-state index contributed by atoms with van der Waals surface area (Å²) >= 11 is 6.03. The van der Waals surface area contributed by atoms with Crippen LogP contribution in [-0.2, 0) is 6.54 Å². The first-order chi connectivity index (χ1) is 9.31. The molecule has 0 aromatic heterocycles. The number of rotatable bonds is 3. The normalized spacial score (nSPS) is 30.9. The van der Waals surface area contributed by atoms with Crippen molar-refractivity contribution in [1.82, 2.24) is 5.32 Å². The van der Waals surface area contributed by atoms with E-state index in [1.807, 2.05) is 12.1 Å². The molecule has 3 unspecified atom stereocenters. The van der Waals surface area contributed by atoms with E-state index >= 15 is 0 Å². The second kappa shape index (κ2) is 6.28. The van der Waals surface area contributed by atoms with Gasteiger partial charge in [-0.2, -0.15) is 0 Å². The molecule has 2 heteroatoms. The molecule has 1 nitrogen and oxygen atoms in total. The lowest BCUT2D eigenvalue weighted by molar-refractivity contribution is 0.143. The summed E-state index contributed by atoms with van der Waals surface area (Å²) in [7, 11) is 0. The molecule has 2 saturated carbocycles. The minimum absolute atomic E-state index is 0.721. The van der Waals surface area contributed by atoms with Crippen molar-refractivity contribution in [3.63, 3.8) is 0 Å². The largest absolute Gasteiger partial charge is 0.310 e. The highest BCUT2D eigenvalue weighted by Crippen LogP contribution is 2.40. The summed E-state index contributed by atoms with van der Waals surface area (Å²) in [6, 6.07) is 8.93. The molecule has 2 fully saturated rings. The van der Waals surface area contributed by atoms with Crippen LogP contribution in [0.2, 0.25) is 5.02 Å². The van der Waals surface area contributed by atoms with Crippen molar-refractivity contribution in [2.24, 2.45) is 11.8 Å². The maximum Gasteiger partial charge on any atom is 0.0409 e. The summed E-state index contributed by atoms with van der Waals surface area (Å²) in [6.45, 7) is 0.961. The third-order valence-electron chi connectivity index (χ3n) is 5.02. The highest BCUT2D eigenvalue weighted by Gasteiger charge is 2.31. The Balaban J connectivity index is 1.51. The van der Waals surface area contributed by atoms with Crippen molar-refractivity contribution in [3.05, 3.63) is 34.9 Å². The van der Waals surface area contributed by atoms with Crippen molar-refractivity contribution >= 4 is 11.6 Å². The lowest BCUT2D eigenvalue weighted by atomic mass is 9.69. The average molecular weight is 278 g/mol. The van der Waals surface area contributed by atoms with Gasteiger partial charge in [0.2, 0.25) is 0 Å². The summed E-state index contributed by atoms with van der Waals surface area (Å²) in [5.41, 5.74) is 1.30. The first-order valence-electron chi connectivity index (χ1n) is 7.79. The molecule has 0 radical (unpaired) electrons. The Hall–Kier alpha value is -0.530. The van der Waals surface area contributed by atoms with Crippen LogP contribution < -0.4 is 5.32 Å². The van der Waals surface area contributed by atoms with E-state index in [1.54, 1.807) is 0 Å². The van der Waals surface area contributed by atoms with E-state index in [9.17, 15) is 0 Å². The molecule has 0 bridgehead atoms. The standard InChI is InChI=1S/C17H24ClN/c18-16-7-3-4-13(10-16)12-19-17-9-8-14-5-1-2-6-15(14)11-17/h3-4,7,10,14-15,17,19H,1-2,5-6,8-9,11-12H2. The van der Waals surface area contributed by atoms with Crippen molar-refractivity contribution in [2.45, 2.75) is 57.5 Å². The zero-order valence-electron chi connectivity index (χ0n) is 11.6. The maximum atomic E-state index is 6.03. The molecule has 1 N–H and O–H groups in total. The van der Waals surface area contributed by atoms with Gasteiger partial charge < -0.3 is 5.32 Å². The minimum Gasteiger partial charge on any atom is -0.310 e. The first kappa shape index (κ1) is 13.5. The van der Waals surface area contributed by atoms with Gasteiger partial charge >= 0.3 is 0 Å². The van der Waals surface area contributed by atoms with Gasteiger partial charge in [-0.3, -0.25) is 0 Å². The van der Waals surface area contributed by atoms with Crippen LogP contribution in [0.25, 0.3) is 0 Å². The van der Waals surface area contributed by atoms with Crippen LogP contribution in [0.3, 0.4) is 0 Å². The lowest BCUT2D eigenvalue weighted by Gasteiger charge is -2.39. The molecule has 0 saturated heterocycles. The number of hydrogen-bond donors (Lipinski definition) is 1. The predicted molar refractivity (Wildman–Crippen MR) is 81.4 cm³/mol. The lowest BCUT2D eigenvalue weighted by Crippen LogP contribution is -2.38. The van der Waals surface area contributed by atoms with Gasteiger partial charge in [-0.1, -0.05) is 49.4 Å². The number of halogens is 1. The van der Waals surface area contributed by atoms with E-state index in [-0.39, 0.29) is 0 Å². The van der Waals surface area contributed by atoms with Crippen LogP contribution in [0.5, 0.6) is 0 Å². The van der Waals surface area contributed by atoms with Crippen molar-refractivity contribution in [1.29, 1.82) is 0 Å². The smallest absolute Gasteiger partial charge is 0.0409 e. The fourth-order valence-electron chi connectivity index (χ4n) is 3.97. The highest BCUT2D eigenvalue weighted by molar-refractivity contribution is 6.30. The van der Waals surface area contributed by atoms with Crippen LogP contribution in [-0.4, -0.2) is 6.04 Å². The van der Waals surface area contributed by atoms with Crippen LogP contribution in [0.4, 0.5) is 0 Å². The van der Waals surface area contributed by atoms with E-state index in [4.69, 9.17) is 11.6 Å². The molecule has 104 valence electrons. The maximum absolute atomic E-state index is 6.03. The highest BCUT2D eigenvalue weighted by atomic mass is 35.5. The monoisotopic (exact) mass is 277 g/mol. The van der Waals surface area contributed by atoms with Gasteiger partial charge in [0.1, 0.15) is 0 Å². The van der Waals surface area contributed by atoms with E-state index in [2.05, 4.69) is 17.4 Å². The Morgan fingerprint density at radius 3 is 2.74 bits per heavy atom. The second-order valence-electron chi connectivity index (χ2n) is 6.33. The van der Waals surface area contributed by atoms with Gasteiger partial charge in [-0.15, -0.1) is 0 Å². The Morgan fingerprint density at radius 1 is 1.05 bits per heavy atom. The third kappa shape index (κ3) is 3.52. The van der Waals surface area contributed by atoms with Crippen molar-refractivity contribution in [2.75, 3.05) is 0 Å². The molecule has 2 aliphatic rings. The Labute approximate surface area is 121 Å². The zero-order valence-corrected chi connectivity index (χ0v) is 12.3. The third-order valence-corrected chi connectivity index (χ3v) is 5.26. The molecule has 0 spiro atoms. The first-order valence-corrected chi connectivity index (χ1v) is 8.17. The van der Waals surface area contributed by atoms with Gasteiger partial charge in [0.05, 0.1) is 0 Å². The summed E-state index contributed by atoms with van der Waals surface area (Å²) in [5.74, 6) is 2.04. The van der Waals surface area contributed by atoms with Gasteiger partial charge in [0.15, 0.2) is 0 Å². The second-order valence-corrected chi connectivity index (χ2v) is 6.76. The zero-order chi connectivity index (χ0) is 13.1. The average Bonchev–Trinajstić information content (AvgIpc) is 2.45. The topological polar surface area (TPSA) is 12.0 Å². The van der Waals surface area contributed by atoms with E-state index in [0.717, 1.165) is 29.4 Å². The molecule has 0 aliphatic heterocycles. The minimum atomic E-state index is 0.721. The predicted octanol–water partition coefficient (Wildman–Crippen LogP) is 4.79. The van der Waals surface area contributed by atoms with Crippen LogP contribution in [0.15, 0.2) is 24.3 Å². The van der Waals surface area contributed by atoms with Crippen molar-refractivity contribution < 1.29 is 0 Å². The van der Waals surface area contributed by atoms with Gasteiger partial charge in [0, 0.05) is 17.6 Å². The fourth-order valence-corrected chi connectivity index (χ4v) is 4.18. The molecule has 3 atom stereocenters. The molecule has 1 aromatic rings. The molecule has 0 amide bonds. The number of hydrogen-bond acceptors (Lipinski definition) is 1. The summed E-state index contributed by atoms with van der Waals surface area (Å²) in [5, 5.41) is 4.58. The molecular weight excluding hydrogens is 254 g/mol. The van der Waals surface area contributed by atoms with Crippen molar-refractivity contribution in [3.8, 4) is 0 Å². The van der Waals surface area contributed by atoms with Crippen LogP contribution >= 0.6 is 11.6 Å². The van der Waals surface area contributed by atoms with Crippen LogP contribution in [0, 0.1) is 11.8 Å². The van der Waals surface area contributed by atoms with Crippen LogP contribution in [0.1, 0.15) is 50.5 Å². The Kier molecular flexibility index (Phi) is 4.45. The quantitative estimate of drug-likeness (QED) is 0.838. The number of nitrogens with one attached hydrogen (secondary N) is 1. The summed E-state index contributed by atoms with van der Waals surface area (Å²) < 4.78 is 0. The Bertz CT molecular complexity index is 417. The van der Waals surface area contributed by atoms with Gasteiger partial charge in [-0.25, -0.2) is 0 Å². The molecule has 3 rings (SSSR count). The molecule has 1 aromatic carbocycles. The molecule has 2 aliphatic carbocycles. The van der Waals surface area contributed by atoms with E-state index in [0.29, 0.717) is 0 Å². The molecule has 0 heterocycles. The fraction of sp³-hybridized carbons (Fsp3) is 0.647. The van der Waals surface area contributed by atoms with Gasteiger partial charge in [0.25, 0.3) is 0 Å². The Morgan fingerprint density at radius 2 is 1.89 bits per heavy atom. The SMILES string of the molecule is Clc1cccc(CNC2CCC3CCCCC3C2)c1. The molecule has 19 heavy (non-hydrogen) atoms. The van der Waals surface area contributed by atoms with E-state index < -0.39 is 0 Å². The van der Waals surface area contributed by atoms with E-state index in [1.165, 1.54) is 50.5 Å². The summed E-state index contributed by atoms with van der Waals surface area (Å²) in [4.78, 5) is 0. The number of benzene rings is 1. The van der Waals surface area contributed by atoms with Gasteiger partial charge in [-0.05, 0) is 48.8 Å². The molecular formula is C17H24ClN. The number of fused-ring (bicyclic) bond motifs is 1.